The summed E-state index contributed by atoms with van der Waals surface area (Å²) >= 11 is 1.87. The molecule has 25 heteroatoms. The first-order valence-corrected chi connectivity index (χ1v) is 24.1. The Morgan fingerprint density at radius 1 is 0.338 bits per heavy atom. The zero-order valence-corrected chi connectivity index (χ0v) is 40.4. The molecule has 1 heterocycles. The van der Waals surface area contributed by atoms with E-state index in [0.717, 1.165) is 37.6 Å². The Bertz CT molecular complexity index is 3070. The molecular formula is C52H29BF20O2S2. The van der Waals surface area contributed by atoms with E-state index in [0.29, 0.717) is 0 Å². The molecule has 8 rings (SSSR count). The lowest BCUT2D eigenvalue weighted by Crippen LogP contribution is -2.81. The highest BCUT2D eigenvalue weighted by molar-refractivity contribution is 7.99. The standard InChI is InChI=1S/C28H29O2S2.C24BF20/c1-3-20-29-23-10-14-25(15-11-23)32(26-16-12-24(13-17-26)30-21-4-2)28-19-18-27(31-28)22-8-6-5-7-9-22;26-5-1(6(27)14(35)21(42)13(5)34)25(2-7(28)15(36)22(43)16(37)8(2)29,3-9(30)17(38)23(44)18(39)10(3)31)4-11(32)19(40)24(45)20(41)12(4)33/h5-19H,3-4,20-21H2,1-2H3;/q+1;-1. The van der Waals surface area contributed by atoms with Crippen LogP contribution in [-0.2, 0) is 10.9 Å². The van der Waals surface area contributed by atoms with Crippen LogP contribution in [0, 0.1) is 116 Å². The molecule has 2 nitrogen and oxygen atoms in total. The fourth-order valence-corrected chi connectivity index (χ4v) is 11.9. The molecule has 0 unspecified atom stereocenters. The van der Waals surface area contributed by atoms with Crippen molar-refractivity contribution < 1.29 is 97.3 Å². The van der Waals surface area contributed by atoms with Crippen LogP contribution in [0.3, 0.4) is 0 Å². The van der Waals surface area contributed by atoms with Gasteiger partial charge in [-0.1, -0.05) is 55.5 Å². The summed E-state index contributed by atoms with van der Waals surface area (Å²) in [5.74, 6) is -69.5. The van der Waals surface area contributed by atoms with Gasteiger partial charge in [-0.25, -0.2) is 87.8 Å². The SMILES string of the molecule is CCCOc1ccc([S+](c2ccc(OCCC)cc2)c2ccc(-c3ccccc3)s2)cc1.Fc1c(F)c(F)c([B-](c2c(F)c(F)c(F)c(F)c2F)(c2c(F)c(F)c(F)c(F)c2F)c2c(F)c(F)c(F)c(F)c2F)c(F)c1F. The van der Waals surface area contributed by atoms with Gasteiger partial charge >= 0.3 is 0 Å². The van der Waals surface area contributed by atoms with Crippen molar-refractivity contribution in [2.45, 2.75) is 40.7 Å². The van der Waals surface area contributed by atoms with Crippen molar-refractivity contribution >= 4 is 50.2 Å². The molecule has 7 aromatic carbocycles. The van der Waals surface area contributed by atoms with Gasteiger partial charge in [-0.3, -0.25) is 0 Å². The summed E-state index contributed by atoms with van der Waals surface area (Å²) < 4.78 is 307. The molecule has 0 aliphatic rings. The predicted octanol–water partition coefficient (Wildman–Crippen LogP) is 13.9. The third-order valence-corrected chi connectivity index (χ3v) is 15.3. The second-order valence-corrected chi connectivity index (χ2v) is 19.6. The van der Waals surface area contributed by atoms with Crippen molar-refractivity contribution in [3.8, 4) is 21.9 Å². The molecule has 0 saturated carbocycles. The van der Waals surface area contributed by atoms with Gasteiger partial charge in [0.15, 0.2) is 79.6 Å². The highest BCUT2D eigenvalue weighted by atomic mass is 32.2. The molecule has 0 radical (unpaired) electrons. The number of thiophene rings is 1. The quantitative estimate of drug-likeness (QED) is 0.0355. The van der Waals surface area contributed by atoms with Crippen LogP contribution >= 0.6 is 11.3 Å². The minimum atomic E-state index is -7.22. The zero-order valence-electron chi connectivity index (χ0n) is 38.8. The van der Waals surface area contributed by atoms with Crippen molar-refractivity contribution in [3.05, 3.63) is 207 Å². The topological polar surface area (TPSA) is 18.5 Å². The zero-order chi connectivity index (χ0) is 56.5. The van der Waals surface area contributed by atoms with Gasteiger partial charge in [0, 0.05) is 10.9 Å². The summed E-state index contributed by atoms with van der Waals surface area (Å²) in [4.78, 5) is 3.87. The molecule has 0 aliphatic carbocycles. The maximum Gasteiger partial charge on any atom is 0.220 e. The third-order valence-electron chi connectivity index (χ3n) is 11.6. The number of rotatable bonds is 14. The fourth-order valence-electron chi connectivity index (χ4n) is 8.21. The van der Waals surface area contributed by atoms with Crippen molar-refractivity contribution in [1.82, 2.24) is 0 Å². The molecule has 8 aromatic rings. The molecule has 1 aromatic heterocycles. The summed E-state index contributed by atoms with van der Waals surface area (Å²) in [6.07, 6.45) is -5.20. The van der Waals surface area contributed by atoms with E-state index in [-0.39, 0.29) is 10.9 Å². The largest absolute Gasteiger partial charge is 0.494 e. The first kappa shape index (κ1) is 57.6. The average Bonchev–Trinajstić information content (AvgIpc) is 4.01. The van der Waals surface area contributed by atoms with E-state index in [1.165, 1.54) is 24.4 Å². The lowest BCUT2D eigenvalue weighted by Gasteiger charge is -2.44. The van der Waals surface area contributed by atoms with Gasteiger partial charge in [-0.2, -0.15) is 0 Å². The minimum absolute atomic E-state index is 0.188. The van der Waals surface area contributed by atoms with E-state index >= 15 is 35.1 Å². The molecule has 0 bridgehead atoms. The first-order valence-electron chi connectivity index (χ1n) is 22.1. The Hall–Kier alpha value is -7.15. The number of halogens is 20. The van der Waals surface area contributed by atoms with Gasteiger partial charge in [0.25, 0.3) is 0 Å². The van der Waals surface area contributed by atoms with E-state index in [1.54, 1.807) is 0 Å². The number of hydrogen-bond donors (Lipinski definition) is 0. The van der Waals surface area contributed by atoms with Crippen molar-refractivity contribution in [3.63, 3.8) is 0 Å². The Balaban J connectivity index is 0.000000236. The number of hydrogen-bond acceptors (Lipinski definition) is 3. The number of benzene rings is 7. The lowest BCUT2D eigenvalue weighted by atomic mass is 9.12. The van der Waals surface area contributed by atoms with Crippen molar-refractivity contribution in [1.29, 1.82) is 0 Å². The summed E-state index contributed by atoms with van der Waals surface area (Å²) in [7, 11) is -0.188. The first-order chi connectivity index (χ1) is 36.5. The molecular weight excluding hydrogens is 1110 g/mol. The van der Waals surface area contributed by atoms with E-state index in [4.69, 9.17) is 9.47 Å². The monoisotopic (exact) mass is 1140 g/mol. The van der Waals surface area contributed by atoms with Gasteiger partial charge < -0.3 is 9.47 Å². The van der Waals surface area contributed by atoms with Crippen molar-refractivity contribution in [2.75, 3.05) is 13.2 Å². The van der Waals surface area contributed by atoms with Gasteiger partial charge in [-0.05, 0) is 73.0 Å². The molecule has 0 aliphatic heterocycles. The third kappa shape index (κ3) is 10.2. The van der Waals surface area contributed by atoms with Gasteiger partial charge in [-0.15, -0.1) is 21.9 Å². The van der Waals surface area contributed by atoms with E-state index < -0.39 is 144 Å². The Morgan fingerprint density at radius 2 is 0.610 bits per heavy atom. The fraction of sp³-hybridized carbons (Fsp3) is 0.115. The molecule has 77 heavy (non-hydrogen) atoms. The van der Waals surface area contributed by atoms with E-state index in [2.05, 4.69) is 105 Å². The molecule has 0 saturated heterocycles. The Morgan fingerprint density at radius 3 is 0.883 bits per heavy atom. The summed E-state index contributed by atoms with van der Waals surface area (Å²) in [5.41, 5.74) is -13.1. The van der Waals surface area contributed by atoms with E-state index in [9.17, 15) is 52.7 Å². The summed E-state index contributed by atoms with van der Waals surface area (Å²) in [6.45, 7) is 5.74. The minimum Gasteiger partial charge on any atom is -0.494 e. The maximum atomic E-state index is 15.4. The second-order valence-electron chi connectivity index (χ2n) is 16.2. The summed E-state index contributed by atoms with van der Waals surface area (Å²) in [6, 6.07) is 32.3. The number of ether oxygens (including phenoxy) is 2. The van der Waals surface area contributed by atoms with Crippen LogP contribution in [0.2, 0.25) is 0 Å². The maximum absolute atomic E-state index is 15.4. The second kappa shape index (κ2) is 23.2. The van der Waals surface area contributed by atoms with Crippen LogP contribution in [0.4, 0.5) is 87.8 Å². The average molecular weight is 1140 g/mol. The predicted molar refractivity (Wildman–Crippen MR) is 246 cm³/mol. The van der Waals surface area contributed by atoms with Crippen LogP contribution in [0.5, 0.6) is 11.5 Å². The van der Waals surface area contributed by atoms with Crippen LogP contribution in [0.25, 0.3) is 10.4 Å². The molecule has 404 valence electrons. The smallest absolute Gasteiger partial charge is 0.220 e. The molecule has 0 spiro atoms. The lowest BCUT2D eigenvalue weighted by molar-refractivity contribution is 0.317. The van der Waals surface area contributed by atoms with E-state index in [1.807, 2.05) is 11.3 Å². The van der Waals surface area contributed by atoms with Gasteiger partial charge in [0.05, 0.1) is 13.2 Å². The Kier molecular flexibility index (Phi) is 17.4. The Labute approximate surface area is 429 Å². The highest BCUT2D eigenvalue weighted by Crippen LogP contribution is 2.40. The van der Waals surface area contributed by atoms with Crippen LogP contribution in [-0.4, -0.2) is 19.4 Å². The van der Waals surface area contributed by atoms with Crippen LogP contribution in [0.15, 0.2) is 105 Å². The van der Waals surface area contributed by atoms with Crippen LogP contribution in [0.1, 0.15) is 26.7 Å². The van der Waals surface area contributed by atoms with Crippen LogP contribution < -0.4 is 31.3 Å². The summed E-state index contributed by atoms with van der Waals surface area (Å²) in [5, 5.41) is 0. The molecule has 0 fully saturated rings. The van der Waals surface area contributed by atoms with Crippen molar-refractivity contribution in [2.24, 2.45) is 0 Å². The van der Waals surface area contributed by atoms with Gasteiger partial charge in [0.2, 0.25) is 4.21 Å². The molecule has 0 amide bonds. The van der Waals surface area contributed by atoms with Gasteiger partial charge in [0.1, 0.15) is 75.1 Å². The highest BCUT2D eigenvalue weighted by Gasteiger charge is 2.52. The normalized spacial score (nSPS) is 11.6. The molecule has 0 N–H and O–H groups in total. The molecule has 0 atom stereocenters.